The number of nitro groups is 1. The quantitative estimate of drug-likeness (QED) is 0.279. The van der Waals surface area contributed by atoms with Crippen molar-refractivity contribution in [2.24, 2.45) is 0 Å². The highest BCUT2D eigenvalue weighted by Gasteiger charge is 2.24. The van der Waals surface area contributed by atoms with Gasteiger partial charge in [-0.3, -0.25) is 10.1 Å². The molecule has 0 bridgehead atoms. The molecule has 0 atom stereocenters. The van der Waals surface area contributed by atoms with Crippen molar-refractivity contribution >= 4 is 29.0 Å². The number of carbonyl (C=O) groups is 1. The van der Waals surface area contributed by atoms with Gasteiger partial charge in [0, 0.05) is 20.3 Å². The smallest absolute Gasteiger partial charge is 0.353 e. The Morgan fingerprint density at radius 3 is 2.70 bits per heavy atom. The van der Waals surface area contributed by atoms with Gasteiger partial charge in [-0.2, -0.15) is 0 Å². The van der Waals surface area contributed by atoms with Crippen molar-refractivity contribution in [3.05, 3.63) is 46.3 Å². The van der Waals surface area contributed by atoms with Crippen LogP contribution >= 0.6 is 0 Å². The Kier molecular flexibility index (Phi) is 7.44. The number of carbonyl (C=O) groups excluding carboxylic acids is 1. The van der Waals surface area contributed by atoms with Crippen molar-refractivity contribution in [3.63, 3.8) is 0 Å². The lowest BCUT2D eigenvalue weighted by atomic mass is 10.2. The lowest BCUT2D eigenvalue weighted by Crippen LogP contribution is -2.12. The van der Waals surface area contributed by atoms with Gasteiger partial charge in [-0.15, -0.1) is 0 Å². The molecule has 0 fully saturated rings. The van der Waals surface area contributed by atoms with Crippen LogP contribution in [0.4, 0.5) is 23.0 Å². The van der Waals surface area contributed by atoms with Gasteiger partial charge >= 0.3 is 11.7 Å². The van der Waals surface area contributed by atoms with Crippen molar-refractivity contribution in [2.75, 3.05) is 37.5 Å². The highest BCUT2D eigenvalue weighted by molar-refractivity contribution is 5.96. The van der Waals surface area contributed by atoms with Gasteiger partial charge in [0.1, 0.15) is 6.33 Å². The third-order valence-corrected chi connectivity index (χ3v) is 3.50. The molecule has 2 rings (SSSR count). The van der Waals surface area contributed by atoms with Crippen LogP contribution in [-0.2, 0) is 9.47 Å². The number of benzene rings is 1. The summed E-state index contributed by atoms with van der Waals surface area (Å²) in [7, 11) is 1.58. The van der Waals surface area contributed by atoms with Gasteiger partial charge in [-0.1, -0.05) is 12.1 Å². The second kappa shape index (κ2) is 10.0. The summed E-state index contributed by atoms with van der Waals surface area (Å²) in [4.78, 5) is 31.0. The first kappa shape index (κ1) is 20.0. The molecule has 0 aliphatic rings. The predicted octanol–water partition coefficient (Wildman–Crippen LogP) is 2.75. The van der Waals surface area contributed by atoms with E-state index in [9.17, 15) is 14.9 Å². The summed E-state index contributed by atoms with van der Waals surface area (Å²) >= 11 is 0. The topological polar surface area (TPSA) is 129 Å². The van der Waals surface area contributed by atoms with Crippen molar-refractivity contribution in [2.45, 2.75) is 13.3 Å². The maximum absolute atomic E-state index is 12.1. The molecule has 0 spiro atoms. The molecule has 0 aliphatic heterocycles. The molecule has 0 aliphatic carbocycles. The largest absolute Gasteiger partial charge is 0.462 e. The first-order chi connectivity index (χ1) is 13.1. The summed E-state index contributed by atoms with van der Waals surface area (Å²) in [6.07, 6.45) is 1.87. The number of ether oxygens (including phenoxy) is 2. The van der Waals surface area contributed by atoms with E-state index in [4.69, 9.17) is 9.47 Å². The second-order valence-electron chi connectivity index (χ2n) is 5.34. The fourth-order valence-corrected chi connectivity index (χ4v) is 2.30. The Morgan fingerprint density at radius 1 is 1.26 bits per heavy atom. The number of nitrogens with one attached hydrogen (secondary N) is 2. The normalized spacial score (nSPS) is 10.3. The van der Waals surface area contributed by atoms with Crippen LogP contribution in [0.2, 0.25) is 0 Å². The van der Waals surface area contributed by atoms with Crippen LogP contribution in [0.3, 0.4) is 0 Å². The summed E-state index contributed by atoms with van der Waals surface area (Å²) in [6.45, 7) is 2.88. The summed E-state index contributed by atoms with van der Waals surface area (Å²) in [6, 6.07) is 6.55. The van der Waals surface area contributed by atoms with Crippen LogP contribution in [0.15, 0.2) is 30.6 Å². The van der Waals surface area contributed by atoms with Crippen molar-refractivity contribution in [1.82, 2.24) is 9.97 Å². The lowest BCUT2D eigenvalue weighted by molar-refractivity contribution is -0.383. The number of nitrogens with zero attached hydrogens (tertiary/aromatic N) is 3. The third-order valence-electron chi connectivity index (χ3n) is 3.50. The summed E-state index contributed by atoms with van der Waals surface area (Å²) in [5, 5.41) is 17.3. The molecule has 144 valence electrons. The van der Waals surface area contributed by atoms with Crippen molar-refractivity contribution in [3.8, 4) is 0 Å². The van der Waals surface area contributed by atoms with Crippen molar-refractivity contribution in [1.29, 1.82) is 0 Å². The number of aromatic nitrogens is 2. The monoisotopic (exact) mass is 375 g/mol. The van der Waals surface area contributed by atoms with E-state index in [1.54, 1.807) is 38.3 Å². The molecule has 0 radical (unpaired) electrons. The SMILES string of the molecule is CCOC(=O)c1ccccc1Nc1ncnc(NCCCOC)c1[N+](=O)[O-]. The van der Waals surface area contributed by atoms with E-state index >= 15 is 0 Å². The van der Waals surface area contributed by atoms with Gasteiger partial charge < -0.3 is 20.1 Å². The zero-order valence-electron chi connectivity index (χ0n) is 15.1. The molecule has 0 unspecified atom stereocenters. The van der Waals surface area contributed by atoms with Crippen LogP contribution in [0.1, 0.15) is 23.7 Å². The molecule has 10 nitrogen and oxygen atoms in total. The number of hydrogen-bond acceptors (Lipinski definition) is 9. The van der Waals surface area contributed by atoms with E-state index in [0.29, 0.717) is 25.3 Å². The van der Waals surface area contributed by atoms with Crippen LogP contribution in [0.5, 0.6) is 0 Å². The lowest BCUT2D eigenvalue weighted by Gasteiger charge is -2.12. The average Bonchev–Trinajstić information content (AvgIpc) is 2.65. The molecular weight excluding hydrogens is 354 g/mol. The van der Waals surface area contributed by atoms with E-state index in [-0.39, 0.29) is 29.5 Å². The number of anilines is 3. The Morgan fingerprint density at radius 2 is 2.00 bits per heavy atom. The number of para-hydroxylation sites is 1. The molecule has 1 aromatic heterocycles. The van der Waals surface area contributed by atoms with Crippen LogP contribution in [0.25, 0.3) is 0 Å². The Balaban J connectivity index is 2.31. The minimum Gasteiger partial charge on any atom is -0.462 e. The zero-order chi connectivity index (χ0) is 19.6. The summed E-state index contributed by atoms with van der Waals surface area (Å²) in [5.74, 6) is -0.474. The molecule has 27 heavy (non-hydrogen) atoms. The van der Waals surface area contributed by atoms with Gasteiger partial charge in [0.15, 0.2) is 0 Å². The number of rotatable bonds is 10. The van der Waals surface area contributed by atoms with Crippen molar-refractivity contribution < 1.29 is 19.2 Å². The van der Waals surface area contributed by atoms with E-state index in [1.165, 1.54) is 6.33 Å². The number of hydrogen-bond donors (Lipinski definition) is 2. The van der Waals surface area contributed by atoms with Gasteiger partial charge in [-0.05, 0) is 25.5 Å². The van der Waals surface area contributed by atoms with E-state index in [2.05, 4.69) is 20.6 Å². The molecule has 10 heteroatoms. The molecule has 1 aromatic carbocycles. The Labute approximate surface area is 156 Å². The van der Waals surface area contributed by atoms with Crippen LogP contribution in [-0.4, -0.2) is 47.7 Å². The minimum atomic E-state index is -0.575. The summed E-state index contributed by atoms with van der Waals surface area (Å²) in [5.41, 5.74) is 0.290. The van der Waals surface area contributed by atoms with E-state index in [1.807, 2.05) is 0 Å². The van der Waals surface area contributed by atoms with Crippen LogP contribution < -0.4 is 10.6 Å². The van der Waals surface area contributed by atoms with Crippen LogP contribution in [0, 0.1) is 10.1 Å². The standard InChI is InChI=1S/C17H21N5O5/c1-3-27-17(23)12-7-4-5-8-13(12)21-16-14(22(24)25)15(19-11-20-16)18-9-6-10-26-2/h4-5,7-8,11H,3,6,9-10H2,1-2H3,(H2,18,19,20,21). The number of esters is 1. The predicted molar refractivity (Wildman–Crippen MR) is 99.4 cm³/mol. The molecular formula is C17H21N5O5. The fraction of sp³-hybridized carbons (Fsp3) is 0.353. The molecule has 2 aromatic rings. The van der Waals surface area contributed by atoms with E-state index < -0.39 is 10.9 Å². The van der Waals surface area contributed by atoms with Gasteiger partial charge in [0.2, 0.25) is 11.6 Å². The molecule has 0 amide bonds. The Bertz CT molecular complexity index is 799. The zero-order valence-corrected chi connectivity index (χ0v) is 15.1. The highest BCUT2D eigenvalue weighted by atomic mass is 16.6. The third kappa shape index (κ3) is 5.35. The van der Waals surface area contributed by atoms with E-state index in [0.717, 1.165) is 0 Å². The molecule has 1 heterocycles. The highest BCUT2D eigenvalue weighted by Crippen LogP contribution is 2.32. The van der Waals surface area contributed by atoms with Gasteiger partial charge in [0.25, 0.3) is 0 Å². The maximum Gasteiger partial charge on any atom is 0.353 e. The fourth-order valence-electron chi connectivity index (χ4n) is 2.30. The van der Waals surface area contributed by atoms with Gasteiger partial charge in [0.05, 0.1) is 22.8 Å². The first-order valence-electron chi connectivity index (χ1n) is 8.33. The Hall–Kier alpha value is -3.27. The first-order valence-corrected chi connectivity index (χ1v) is 8.33. The second-order valence-corrected chi connectivity index (χ2v) is 5.34. The average molecular weight is 375 g/mol. The molecule has 0 saturated heterocycles. The molecule has 2 N–H and O–H groups in total. The maximum atomic E-state index is 12.1. The minimum absolute atomic E-state index is 0.0269. The summed E-state index contributed by atoms with van der Waals surface area (Å²) < 4.78 is 9.97. The molecule has 0 saturated carbocycles. The van der Waals surface area contributed by atoms with Gasteiger partial charge in [-0.25, -0.2) is 14.8 Å². The number of methoxy groups -OCH3 is 1.